The molecule has 0 fully saturated rings. The summed E-state index contributed by atoms with van der Waals surface area (Å²) < 4.78 is 0. The van der Waals surface area contributed by atoms with Gasteiger partial charge in [-0.25, -0.2) is 0 Å². The number of hydrogen-bond donors (Lipinski definition) is 0. The highest BCUT2D eigenvalue weighted by Gasteiger charge is 2.06. The SMILES string of the molecule is CCCCN(CC)CC(C)CCl. The van der Waals surface area contributed by atoms with Crippen LogP contribution in [0.4, 0.5) is 0 Å². The van der Waals surface area contributed by atoms with Gasteiger partial charge in [0.25, 0.3) is 0 Å². The Morgan fingerprint density at radius 1 is 1.33 bits per heavy atom. The molecule has 0 N–H and O–H groups in total. The normalized spacial score (nSPS) is 13.8. The maximum Gasteiger partial charge on any atom is 0.0261 e. The number of unbranched alkanes of at least 4 members (excludes halogenated alkanes) is 1. The van der Waals surface area contributed by atoms with Crippen LogP contribution in [0.25, 0.3) is 0 Å². The molecule has 0 aliphatic heterocycles. The molecule has 0 saturated heterocycles. The van der Waals surface area contributed by atoms with Gasteiger partial charge in [-0.05, 0) is 25.4 Å². The topological polar surface area (TPSA) is 3.24 Å². The summed E-state index contributed by atoms with van der Waals surface area (Å²) in [7, 11) is 0. The van der Waals surface area contributed by atoms with E-state index in [-0.39, 0.29) is 0 Å². The summed E-state index contributed by atoms with van der Waals surface area (Å²) >= 11 is 5.76. The first-order valence-corrected chi connectivity index (χ1v) is 5.56. The van der Waals surface area contributed by atoms with Crippen molar-refractivity contribution in [2.75, 3.05) is 25.5 Å². The van der Waals surface area contributed by atoms with Gasteiger partial charge >= 0.3 is 0 Å². The molecule has 1 nitrogen and oxygen atoms in total. The Morgan fingerprint density at radius 2 is 2.00 bits per heavy atom. The lowest BCUT2D eigenvalue weighted by atomic mass is 10.2. The van der Waals surface area contributed by atoms with Crippen molar-refractivity contribution < 1.29 is 0 Å². The van der Waals surface area contributed by atoms with Crippen LogP contribution >= 0.6 is 11.6 Å². The fraction of sp³-hybridized carbons (Fsp3) is 1.00. The lowest BCUT2D eigenvalue weighted by Crippen LogP contribution is -2.29. The lowest BCUT2D eigenvalue weighted by molar-refractivity contribution is 0.254. The van der Waals surface area contributed by atoms with Gasteiger partial charge in [0, 0.05) is 12.4 Å². The number of nitrogens with zero attached hydrogens (tertiary/aromatic N) is 1. The van der Waals surface area contributed by atoms with Crippen LogP contribution in [0.2, 0.25) is 0 Å². The first-order valence-electron chi connectivity index (χ1n) is 5.02. The molecule has 12 heavy (non-hydrogen) atoms. The molecule has 0 aromatic rings. The van der Waals surface area contributed by atoms with Crippen LogP contribution < -0.4 is 0 Å². The second-order valence-electron chi connectivity index (χ2n) is 3.51. The third-order valence-electron chi connectivity index (χ3n) is 2.11. The molecule has 0 amide bonds. The molecular formula is C10H22ClN. The van der Waals surface area contributed by atoms with E-state index < -0.39 is 0 Å². The molecule has 0 bridgehead atoms. The number of rotatable bonds is 7. The molecule has 1 unspecified atom stereocenters. The van der Waals surface area contributed by atoms with Crippen LogP contribution in [0.15, 0.2) is 0 Å². The van der Waals surface area contributed by atoms with Gasteiger partial charge in [-0.2, -0.15) is 0 Å². The van der Waals surface area contributed by atoms with Gasteiger partial charge in [0.1, 0.15) is 0 Å². The van der Waals surface area contributed by atoms with Crippen LogP contribution in [0.1, 0.15) is 33.6 Å². The van der Waals surface area contributed by atoms with E-state index in [1.54, 1.807) is 0 Å². The van der Waals surface area contributed by atoms with E-state index in [0.717, 1.165) is 19.0 Å². The molecule has 0 saturated carbocycles. The Kier molecular flexibility index (Phi) is 8.04. The van der Waals surface area contributed by atoms with E-state index in [2.05, 4.69) is 25.7 Å². The zero-order valence-electron chi connectivity index (χ0n) is 8.65. The fourth-order valence-corrected chi connectivity index (χ4v) is 1.35. The van der Waals surface area contributed by atoms with Crippen molar-refractivity contribution in [1.29, 1.82) is 0 Å². The Balaban J connectivity index is 3.51. The summed E-state index contributed by atoms with van der Waals surface area (Å²) in [6, 6.07) is 0. The van der Waals surface area contributed by atoms with Gasteiger partial charge in [0.2, 0.25) is 0 Å². The number of alkyl halides is 1. The van der Waals surface area contributed by atoms with Crippen LogP contribution in [0.5, 0.6) is 0 Å². The predicted molar refractivity (Wildman–Crippen MR) is 56.9 cm³/mol. The molecule has 0 heterocycles. The second-order valence-corrected chi connectivity index (χ2v) is 3.81. The van der Waals surface area contributed by atoms with Gasteiger partial charge in [0.15, 0.2) is 0 Å². The Morgan fingerprint density at radius 3 is 2.42 bits per heavy atom. The standard InChI is InChI=1S/C10H22ClN/c1-4-6-7-12(5-2)9-10(3)8-11/h10H,4-9H2,1-3H3. The Labute approximate surface area is 82.1 Å². The molecule has 0 aliphatic carbocycles. The van der Waals surface area contributed by atoms with E-state index in [9.17, 15) is 0 Å². The largest absolute Gasteiger partial charge is 0.303 e. The van der Waals surface area contributed by atoms with Crippen molar-refractivity contribution in [2.45, 2.75) is 33.6 Å². The summed E-state index contributed by atoms with van der Waals surface area (Å²) in [5, 5.41) is 0. The van der Waals surface area contributed by atoms with Crippen molar-refractivity contribution in [1.82, 2.24) is 4.90 Å². The molecular weight excluding hydrogens is 170 g/mol. The summed E-state index contributed by atoms with van der Waals surface area (Å²) in [5.41, 5.74) is 0. The van der Waals surface area contributed by atoms with Gasteiger partial charge in [-0.15, -0.1) is 11.6 Å². The highest BCUT2D eigenvalue weighted by molar-refractivity contribution is 6.18. The van der Waals surface area contributed by atoms with Gasteiger partial charge < -0.3 is 4.90 Å². The van der Waals surface area contributed by atoms with Crippen molar-refractivity contribution in [3.05, 3.63) is 0 Å². The van der Waals surface area contributed by atoms with Crippen molar-refractivity contribution in [3.8, 4) is 0 Å². The van der Waals surface area contributed by atoms with Crippen LogP contribution in [0, 0.1) is 5.92 Å². The van der Waals surface area contributed by atoms with Crippen LogP contribution in [-0.4, -0.2) is 30.4 Å². The lowest BCUT2D eigenvalue weighted by Gasteiger charge is -2.22. The highest BCUT2D eigenvalue weighted by atomic mass is 35.5. The molecule has 0 aromatic carbocycles. The van der Waals surface area contributed by atoms with E-state index in [1.807, 2.05) is 0 Å². The van der Waals surface area contributed by atoms with E-state index in [1.165, 1.54) is 19.4 Å². The van der Waals surface area contributed by atoms with Crippen molar-refractivity contribution in [2.24, 2.45) is 5.92 Å². The van der Waals surface area contributed by atoms with E-state index >= 15 is 0 Å². The summed E-state index contributed by atoms with van der Waals surface area (Å²) in [4.78, 5) is 2.48. The smallest absolute Gasteiger partial charge is 0.0261 e. The Hall–Kier alpha value is 0.250. The molecule has 0 spiro atoms. The molecule has 1 atom stereocenters. The molecule has 74 valence electrons. The second kappa shape index (κ2) is 7.88. The third kappa shape index (κ3) is 5.84. The van der Waals surface area contributed by atoms with Crippen LogP contribution in [0.3, 0.4) is 0 Å². The third-order valence-corrected chi connectivity index (χ3v) is 2.64. The summed E-state index contributed by atoms with van der Waals surface area (Å²) in [6.45, 7) is 10.2. The first kappa shape index (κ1) is 12.2. The monoisotopic (exact) mass is 191 g/mol. The minimum atomic E-state index is 0.628. The molecule has 0 radical (unpaired) electrons. The van der Waals surface area contributed by atoms with Crippen molar-refractivity contribution in [3.63, 3.8) is 0 Å². The minimum absolute atomic E-state index is 0.628. The maximum absolute atomic E-state index is 5.76. The number of halogens is 1. The van der Waals surface area contributed by atoms with Gasteiger partial charge in [-0.1, -0.05) is 27.2 Å². The molecule has 0 rings (SSSR count). The van der Waals surface area contributed by atoms with Crippen LogP contribution in [-0.2, 0) is 0 Å². The average molecular weight is 192 g/mol. The minimum Gasteiger partial charge on any atom is -0.303 e. The quantitative estimate of drug-likeness (QED) is 0.560. The molecule has 0 aliphatic rings. The average Bonchev–Trinajstić information content (AvgIpc) is 2.11. The zero-order chi connectivity index (χ0) is 9.40. The molecule has 2 heteroatoms. The van der Waals surface area contributed by atoms with Gasteiger partial charge in [-0.3, -0.25) is 0 Å². The zero-order valence-corrected chi connectivity index (χ0v) is 9.40. The number of hydrogen-bond acceptors (Lipinski definition) is 1. The van der Waals surface area contributed by atoms with E-state index in [0.29, 0.717) is 5.92 Å². The maximum atomic E-state index is 5.76. The Bertz CT molecular complexity index is 95.8. The first-order chi connectivity index (χ1) is 5.74. The van der Waals surface area contributed by atoms with E-state index in [4.69, 9.17) is 11.6 Å². The van der Waals surface area contributed by atoms with Crippen molar-refractivity contribution >= 4 is 11.6 Å². The predicted octanol–water partition coefficient (Wildman–Crippen LogP) is 2.98. The summed E-state index contributed by atoms with van der Waals surface area (Å²) in [6.07, 6.45) is 2.59. The molecule has 0 aromatic heterocycles. The fourth-order valence-electron chi connectivity index (χ4n) is 1.25. The highest BCUT2D eigenvalue weighted by Crippen LogP contribution is 2.03. The van der Waals surface area contributed by atoms with Gasteiger partial charge in [0.05, 0.1) is 0 Å². The summed E-state index contributed by atoms with van der Waals surface area (Å²) in [5.74, 6) is 1.41.